The van der Waals surface area contributed by atoms with Gasteiger partial charge in [-0.25, -0.2) is 0 Å². The van der Waals surface area contributed by atoms with E-state index in [1.54, 1.807) is 12.1 Å². The molecule has 2 rings (SSSR count). The van der Waals surface area contributed by atoms with Gasteiger partial charge in [0.1, 0.15) is 0 Å². The SMILES string of the molecule is C[C@@H](NCc1ccc(C(N)=O)cc1)c1cccc(Cl)c1. The van der Waals surface area contributed by atoms with E-state index < -0.39 is 5.91 Å². The minimum absolute atomic E-state index is 0.199. The van der Waals surface area contributed by atoms with E-state index >= 15 is 0 Å². The van der Waals surface area contributed by atoms with Crippen LogP contribution in [0.15, 0.2) is 48.5 Å². The third kappa shape index (κ3) is 3.83. The van der Waals surface area contributed by atoms with Crippen molar-refractivity contribution in [2.75, 3.05) is 0 Å². The lowest BCUT2D eigenvalue weighted by Gasteiger charge is -2.14. The molecule has 2 aromatic carbocycles. The number of primary amides is 1. The summed E-state index contributed by atoms with van der Waals surface area (Å²) in [4.78, 5) is 11.0. The second kappa shape index (κ2) is 6.55. The summed E-state index contributed by atoms with van der Waals surface area (Å²) in [7, 11) is 0. The Morgan fingerprint density at radius 2 is 1.95 bits per heavy atom. The maximum absolute atomic E-state index is 11.0. The van der Waals surface area contributed by atoms with Gasteiger partial charge in [0.15, 0.2) is 0 Å². The highest BCUT2D eigenvalue weighted by atomic mass is 35.5. The van der Waals surface area contributed by atoms with Crippen molar-refractivity contribution in [3.63, 3.8) is 0 Å². The summed E-state index contributed by atoms with van der Waals surface area (Å²) in [6, 6.07) is 15.3. The van der Waals surface area contributed by atoms with Gasteiger partial charge in [-0.15, -0.1) is 0 Å². The molecule has 104 valence electrons. The van der Waals surface area contributed by atoms with Crippen molar-refractivity contribution in [3.05, 3.63) is 70.2 Å². The van der Waals surface area contributed by atoms with Crippen LogP contribution in [-0.4, -0.2) is 5.91 Å². The average Bonchev–Trinajstić information content (AvgIpc) is 2.45. The lowest BCUT2D eigenvalue weighted by molar-refractivity contribution is 0.100. The van der Waals surface area contributed by atoms with Gasteiger partial charge in [-0.2, -0.15) is 0 Å². The van der Waals surface area contributed by atoms with Crippen LogP contribution in [-0.2, 0) is 6.54 Å². The minimum Gasteiger partial charge on any atom is -0.366 e. The summed E-state index contributed by atoms with van der Waals surface area (Å²) < 4.78 is 0. The van der Waals surface area contributed by atoms with Crippen LogP contribution in [0.3, 0.4) is 0 Å². The normalized spacial score (nSPS) is 12.1. The molecular formula is C16H17ClN2O. The molecule has 3 N–H and O–H groups in total. The first-order valence-corrected chi connectivity index (χ1v) is 6.81. The summed E-state index contributed by atoms with van der Waals surface area (Å²) in [5.74, 6) is -0.406. The number of carbonyl (C=O) groups is 1. The van der Waals surface area contributed by atoms with Crippen LogP contribution in [0.2, 0.25) is 5.02 Å². The van der Waals surface area contributed by atoms with Gasteiger partial charge in [0.25, 0.3) is 0 Å². The van der Waals surface area contributed by atoms with Crippen molar-refractivity contribution in [2.24, 2.45) is 5.73 Å². The predicted octanol–water partition coefficient (Wildman–Crippen LogP) is 3.29. The quantitative estimate of drug-likeness (QED) is 0.887. The topological polar surface area (TPSA) is 55.1 Å². The Kier molecular flexibility index (Phi) is 4.77. The molecule has 1 amide bonds. The van der Waals surface area contributed by atoms with E-state index in [9.17, 15) is 4.79 Å². The minimum atomic E-state index is -0.406. The second-order valence-electron chi connectivity index (χ2n) is 4.72. The lowest BCUT2D eigenvalue weighted by Crippen LogP contribution is -2.18. The summed E-state index contributed by atoms with van der Waals surface area (Å²) >= 11 is 5.98. The number of nitrogens with one attached hydrogen (secondary N) is 1. The van der Waals surface area contributed by atoms with Crippen LogP contribution in [0.25, 0.3) is 0 Å². The number of halogens is 1. The number of hydrogen-bond donors (Lipinski definition) is 2. The van der Waals surface area contributed by atoms with Gasteiger partial charge in [0.2, 0.25) is 5.91 Å². The molecule has 0 fully saturated rings. The van der Waals surface area contributed by atoms with E-state index in [-0.39, 0.29) is 6.04 Å². The molecule has 0 saturated carbocycles. The van der Waals surface area contributed by atoms with Crippen molar-refractivity contribution in [3.8, 4) is 0 Å². The molecular weight excluding hydrogens is 272 g/mol. The van der Waals surface area contributed by atoms with Crippen molar-refractivity contribution >= 4 is 17.5 Å². The molecule has 20 heavy (non-hydrogen) atoms. The molecule has 0 radical (unpaired) electrons. The average molecular weight is 289 g/mol. The number of benzene rings is 2. The standard InChI is InChI=1S/C16H17ClN2O/c1-11(14-3-2-4-15(17)9-14)19-10-12-5-7-13(8-6-12)16(18)20/h2-9,11,19H,10H2,1H3,(H2,18,20)/t11-/m1/s1. The molecule has 0 saturated heterocycles. The van der Waals surface area contributed by atoms with E-state index in [0.717, 1.165) is 16.1 Å². The molecule has 0 aliphatic carbocycles. The van der Waals surface area contributed by atoms with Gasteiger partial charge < -0.3 is 11.1 Å². The number of amides is 1. The molecule has 0 spiro atoms. The van der Waals surface area contributed by atoms with E-state index in [0.29, 0.717) is 12.1 Å². The Morgan fingerprint density at radius 3 is 2.55 bits per heavy atom. The smallest absolute Gasteiger partial charge is 0.248 e. The maximum Gasteiger partial charge on any atom is 0.248 e. The Hall–Kier alpha value is -1.84. The highest BCUT2D eigenvalue weighted by molar-refractivity contribution is 6.30. The third-order valence-electron chi connectivity index (χ3n) is 3.20. The summed E-state index contributed by atoms with van der Waals surface area (Å²) in [5, 5.41) is 4.15. The fraction of sp³-hybridized carbons (Fsp3) is 0.188. The molecule has 0 unspecified atom stereocenters. The van der Waals surface area contributed by atoms with Crippen molar-refractivity contribution in [2.45, 2.75) is 19.5 Å². The van der Waals surface area contributed by atoms with Gasteiger partial charge in [-0.05, 0) is 42.3 Å². The molecule has 3 nitrogen and oxygen atoms in total. The molecule has 0 aliphatic heterocycles. The Labute approximate surface area is 123 Å². The zero-order chi connectivity index (χ0) is 14.5. The van der Waals surface area contributed by atoms with Crippen molar-refractivity contribution in [1.82, 2.24) is 5.32 Å². The van der Waals surface area contributed by atoms with Crippen LogP contribution in [0.1, 0.15) is 34.5 Å². The summed E-state index contributed by atoms with van der Waals surface area (Å²) in [6.07, 6.45) is 0. The Morgan fingerprint density at radius 1 is 1.25 bits per heavy atom. The van der Waals surface area contributed by atoms with Crippen molar-refractivity contribution < 1.29 is 4.79 Å². The number of rotatable bonds is 5. The summed E-state index contributed by atoms with van der Waals surface area (Å²) in [6.45, 7) is 2.80. The zero-order valence-corrected chi connectivity index (χ0v) is 12.0. The fourth-order valence-electron chi connectivity index (χ4n) is 1.95. The van der Waals surface area contributed by atoms with Gasteiger partial charge in [-0.1, -0.05) is 35.9 Å². The van der Waals surface area contributed by atoms with Crippen LogP contribution in [0.4, 0.5) is 0 Å². The van der Waals surface area contributed by atoms with Crippen LogP contribution >= 0.6 is 11.6 Å². The first-order valence-electron chi connectivity index (χ1n) is 6.44. The van der Waals surface area contributed by atoms with Crippen LogP contribution in [0, 0.1) is 0 Å². The Bertz CT molecular complexity index is 596. The van der Waals surface area contributed by atoms with E-state index in [1.807, 2.05) is 36.4 Å². The lowest BCUT2D eigenvalue weighted by atomic mass is 10.1. The molecule has 0 heterocycles. The van der Waals surface area contributed by atoms with Gasteiger partial charge >= 0.3 is 0 Å². The van der Waals surface area contributed by atoms with Crippen LogP contribution in [0.5, 0.6) is 0 Å². The fourth-order valence-corrected chi connectivity index (χ4v) is 2.15. The predicted molar refractivity (Wildman–Crippen MR) is 81.7 cm³/mol. The molecule has 1 atom stereocenters. The second-order valence-corrected chi connectivity index (χ2v) is 5.16. The van der Waals surface area contributed by atoms with Crippen molar-refractivity contribution in [1.29, 1.82) is 0 Å². The van der Waals surface area contributed by atoms with Gasteiger partial charge in [0, 0.05) is 23.2 Å². The highest BCUT2D eigenvalue weighted by Gasteiger charge is 2.06. The molecule has 0 bridgehead atoms. The maximum atomic E-state index is 11.0. The number of carbonyl (C=O) groups excluding carboxylic acids is 1. The first-order chi connectivity index (χ1) is 9.56. The largest absolute Gasteiger partial charge is 0.366 e. The molecule has 0 aromatic heterocycles. The Balaban J connectivity index is 1.96. The van der Waals surface area contributed by atoms with Gasteiger partial charge in [0.05, 0.1) is 0 Å². The third-order valence-corrected chi connectivity index (χ3v) is 3.43. The number of nitrogens with two attached hydrogens (primary N) is 1. The number of hydrogen-bond acceptors (Lipinski definition) is 2. The van der Waals surface area contributed by atoms with Crippen LogP contribution < -0.4 is 11.1 Å². The molecule has 0 aliphatic rings. The molecule has 2 aromatic rings. The summed E-state index contributed by atoms with van der Waals surface area (Å²) in [5.41, 5.74) is 7.98. The zero-order valence-electron chi connectivity index (χ0n) is 11.3. The van der Waals surface area contributed by atoms with Gasteiger partial charge in [-0.3, -0.25) is 4.79 Å². The first kappa shape index (κ1) is 14.6. The van der Waals surface area contributed by atoms with E-state index in [4.69, 9.17) is 17.3 Å². The monoisotopic (exact) mass is 288 g/mol. The van der Waals surface area contributed by atoms with E-state index in [2.05, 4.69) is 12.2 Å². The molecule has 4 heteroatoms. The highest BCUT2D eigenvalue weighted by Crippen LogP contribution is 2.17. The van der Waals surface area contributed by atoms with E-state index in [1.165, 1.54) is 0 Å².